The molecule has 1 aromatic rings. The molecule has 25 heavy (non-hydrogen) atoms. The molecule has 5 heteroatoms. The molecular formula is C20H31ClN4. The SMILES string of the molecule is CC1CCN(C(N)=NCC2CCN(Cc3ccccc3Cl)CC2)CC1. The average Bonchev–Trinajstić information content (AvgIpc) is 2.63. The molecule has 0 aliphatic carbocycles. The van der Waals surface area contributed by atoms with Crippen LogP contribution in [0.15, 0.2) is 29.3 Å². The van der Waals surface area contributed by atoms with E-state index in [1.807, 2.05) is 12.1 Å². The minimum atomic E-state index is 0.657. The van der Waals surface area contributed by atoms with E-state index in [0.29, 0.717) is 5.92 Å². The number of hydrogen-bond donors (Lipinski definition) is 1. The number of guanidine groups is 1. The fourth-order valence-electron chi connectivity index (χ4n) is 3.75. The van der Waals surface area contributed by atoms with Crippen LogP contribution in [0.4, 0.5) is 0 Å². The van der Waals surface area contributed by atoms with E-state index in [9.17, 15) is 0 Å². The Hall–Kier alpha value is -1.26. The fourth-order valence-corrected chi connectivity index (χ4v) is 3.95. The monoisotopic (exact) mass is 362 g/mol. The van der Waals surface area contributed by atoms with Gasteiger partial charge in [0.05, 0.1) is 0 Å². The van der Waals surface area contributed by atoms with E-state index in [-0.39, 0.29) is 0 Å². The number of nitrogens with zero attached hydrogens (tertiary/aromatic N) is 3. The van der Waals surface area contributed by atoms with Gasteiger partial charge < -0.3 is 10.6 Å². The maximum Gasteiger partial charge on any atom is 0.191 e. The highest BCUT2D eigenvalue weighted by Gasteiger charge is 2.21. The zero-order chi connectivity index (χ0) is 17.6. The number of nitrogens with two attached hydrogens (primary N) is 1. The third kappa shape index (κ3) is 5.35. The Morgan fingerprint density at radius 1 is 1.12 bits per heavy atom. The van der Waals surface area contributed by atoms with Gasteiger partial charge in [-0.15, -0.1) is 0 Å². The molecule has 4 nitrogen and oxygen atoms in total. The normalized spacial score (nSPS) is 21.7. The Balaban J connectivity index is 1.42. The van der Waals surface area contributed by atoms with Crippen molar-refractivity contribution in [2.75, 3.05) is 32.7 Å². The van der Waals surface area contributed by atoms with Gasteiger partial charge in [-0.25, -0.2) is 0 Å². The van der Waals surface area contributed by atoms with Crippen LogP contribution in [0.5, 0.6) is 0 Å². The van der Waals surface area contributed by atoms with Gasteiger partial charge in [-0.3, -0.25) is 9.89 Å². The van der Waals surface area contributed by atoms with Crippen LogP contribution in [0, 0.1) is 11.8 Å². The van der Waals surface area contributed by atoms with Crippen LogP contribution >= 0.6 is 11.6 Å². The minimum Gasteiger partial charge on any atom is -0.370 e. The summed E-state index contributed by atoms with van der Waals surface area (Å²) in [4.78, 5) is 9.45. The van der Waals surface area contributed by atoms with E-state index in [1.54, 1.807) is 0 Å². The van der Waals surface area contributed by atoms with Gasteiger partial charge in [-0.1, -0.05) is 36.7 Å². The lowest BCUT2D eigenvalue weighted by atomic mass is 9.96. The molecule has 2 aliphatic rings. The van der Waals surface area contributed by atoms with Gasteiger partial charge in [0.1, 0.15) is 0 Å². The predicted octanol–water partition coefficient (Wildman–Crippen LogP) is 3.60. The Morgan fingerprint density at radius 3 is 2.48 bits per heavy atom. The van der Waals surface area contributed by atoms with Crippen molar-refractivity contribution in [1.29, 1.82) is 0 Å². The minimum absolute atomic E-state index is 0.657. The van der Waals surface area contributed by atoms with Gasteiger partial charge >= 0.3 is 0 Å². The summed E-state index contributed by atoms with van der Waals surface area (Å²) in [5.41, 5.74) is 7.43. The highest BCUT2D eigenvalue weighted by Crippen LogP contribution is 2.22. The van der Waals surface area contributed by atoms with Gasteiger partial charge in [0.2, 0.25) is 0 Å². The number of benzene rings is 1. The molecule has 2 N–H and O–H groups in total. The van der Waals surface area contributed by atoms with E-state index in [4.69, 9.17) is 22.3 Å². The van der Waals surface area contributed by atoms with E-state index < -0.39 is 0 Å². The van der Waals surface area contributed by atoms with Crippen molar-refractivity contribution < 1.29 is 0 Å². The summed E-state index contributed by atoms with van der Waals surface area (Å²) in [5.74, 6) is 2.24. The van der Waals surface area contributed by atoms with E-state index in [0.717, 1.165) is 56.2 Å². The van der Waals surface area contributed by atoms with E-state index in [1.165, 1.54) is 31.2 Å². The largest absolute Gasteiger partial charge is 0.370 e. The number of piperidine rings is 2. The highest BCUT2D eigenvalue weighted by atomic mass is 35.5. The molecule has 0 aromatic heterocycles. The zero-order valence-corrected chi connectivity index (χ0v) is 16.1. The molecule has 2 saturated heterocycles. The van der Waals surface area contributed by atoms with E-state index >= 15 is 0 Å². The third-order valence-corrected chi connectivity index (χ3v) is 6.05. The Morgan fingerprint density at radius 2 is 1.80 bits per heavy atom. The summed E-state index contributed by atoms with van der Waals surface area (Å²) in [5, 5.41) is 0.873. The van der Waals surface area contributed by atoms with Crippen LogP contribution in [-0.4, -0.2) is 48.5 Å². The van der Waals surface area contributed by atoms with Crippen molar-refractivity contribution in [1.82, 2.24) is 9.80 Å². The number of hydrogen-bond acceptors (Lipinski definition) is 2. The molecule has 138 valence electrons. The molecule has 2 fully saturated rings. The summed E-state index contributed by atoms with van der Waals surface area (Å²) in [7, 11) is 0. The topological polar surface area (TPSA) is 44.9 Å². The number of rotatable bonds is 4. The predicted molar refractivity (Wildman–Crippen MR) is 106 cm³/mol. The van der Waals surface area contributed by atoms with Crippen molar-refractivity contribution in [3.05, 3.63) is 34.9 Å². The van der Waals surface area contributed by atoms with Crippen LogP contribution in [0.1, 0.15) is 38.2 Å². The van der Waals surface area contributed by atoms with Crippen LogP contribution in [0.2, 0.25) is 5.02 Å². The molecular weight excluding hydrogens is 332 g/mol. The molecule has 3 rings (SSSR count). The summed E-state index contributed by atoms with van der Waals surface area (Å²) in [6.45, 7) is 8.50. The lowest BCUT2D eigenvalue weighted by molar-refractivity contribution is 0.180. The van der Waals surface area contributed by atoms with Crippen molar-refractivity contribution >= 4 is 17.6 Å². The Labute approximate surface area is 157 Å². The molecule has 0 unspecified atom stereocenters. The molecule has 0 spiro atoms. The first-order chi connectivity index (χ1) is 12.1. The number of aliphatic imine (C=N–C) groups is 1. The summed E-state index contributed by atoms with van der Waals surface area (Å²) in [6.07, 6.45) is 4.85. The molecule has 0 amide bonds. The third-order valence-electron chi connectivity index (χ3n) is 5.68. The first-order valence-corrected chi connectivity index (χ1v) is 10.00. The molecule has 1 aromatic carbocycles. The molecule has 0 bridgehead atoms. The van der Waals surface area contributed by atoms with Crippen LogP contribution in [0.3, 0.4) is 0 Å². The van der Waals surface area contributed by atoms with Gasteiger partial charge in [0.15, 0.2) is 5.96 Å². The van der Waals surface area contributed by atoms with Crippen molar-refractivity contribution in [3.63, 3.8) is 0 Å². The standard InChI is InChI=1S/C20H31ClN4/c1-16-6-12-25(13-7-16)20(22)23-14-17-8-10-24(11-9-17)15-18-4-2-3-5-19(18)21/h2-5,16-17H,6-15H2,1H3,(H2,22,23). The number of halogens is 1. The molecule has 0 atom stereocenters. The van der Waals surface area contributed by atoms with Crippen LogP contribution in [0.25, 0.3) is 0 Å². The first-order valence-electron chi connectivity index (χ1n) is 9.62. The molecule has 0 saturated carbocycles. The lowest BCUT2D eigenvalue weighted by Gasteiger charge is -2.33. The first kappa shape index (κ1) is 18.5. The fraction of sp³-hybridized carbons (Fsp3) is 0.650. The maximum absolute atomic E-state index is 6.28. The van der Waals surface area contributed by atoms with Crippen molar-refractivity contribution in [3.8, 4) is 0 Å². The highest BCUT2D eigenvalue weighted by molar-refractivity contribution is 6.31. The second kappa shape index (κ2) is 8.91. The second-order valence-corrected chi connectivity index (χ2v) is 8.09. The van der Waals surface area contributed by atoms with Crippen molar-refractivity contribution in [2.45, 2.75) is 39.2 Å². The van der Waals surface area contributed by atoms with E-state index in [2.05, 4.69) is 28.9 Å². The second-order valence-electron chi connectivity index (χ2n) is 7.68. The van der Waals surface area contributed by atoms with Crippen molar-refractivity contribution in [2.24, 2.45) is 22.6 Å². The van der Waals surface area contributed by atoms with Gasteiger partial charge in [-0.05, 0) is 62.2 Å². The molecule has 2 aliphatic heterocycles. The average molecular weight is 363 g/mol. The summed E-state index contributed by atoms with van der Waals surface area (Å²) >= 11 is 6.28. The summed E-state index contributed by atoms with van der Waals surface area (Å²) < 4.78 is 0. The Kier molecular flexibility index (Phi) is 6.60. The summed E-state index contributed by atoms with van der Waals surface area (Å²) in [6, 6.07) is 8.15. The van der Waals surface area contributed by atoms with Crippen LogP contribution in [-0.2, 0) is 6.54 Å². The zero-order valence-electron chi connectivity index (χ0n) is 15.3. The number of likely N-dealkylation sites (tertiary alicyclic amines) is 2. The van der Waals surface area contributed by atoms with Gasteiger partial charge in [0.25, 0.3) is 0 Å². The van der Waals surface area contributed by atoms with Gasteiger partial charge in [0, 0.05) is 31.2 Å². The van der Waals surface area contributed by atoms with Crippen LogP contribution < -0.4 is 5.73 Å². The smallest absolute Gasteiger partial charge is 0.191 e. The Bertz CT molecular complexity index is 573. The quantitative estimate of drug-likeness (QED) is 0.657. The van der Waals surface area contributed by atoms with Gasteiger partial charge in [-0.2, -0.15) is 0 Å². The molecule has 0 radical (unpaired) electrons. The molecule has 2 heterocycles. The lowest BCUT2D eigenvalue weighted by Crippen LogP contribution is -2.43. The maximum atomic E-state index is 6.28.